The average molecular weight is 170 g/mol. The molecule has 2 rings (SSSR count). The van der Waals surface area contributed by atoms with E-state index in [-0.39, 0.29) is 0 Å². The van der Waals surface area contributed by atoms with Crippen molar-refractivity contribution in [3.05, 3.63) is 41.6 Å². The van der Waals surface area contributed by atoms with Crippen LogP contribution in [0.3, 0.4) is 0 Å². The first-order chi connectivity index (χ1) is 6.40. The van der Waals surface area contributed by atoms with E-state index in [0.29, 0.717) is 5.56 Å². The van der Waals surface area contributed by atoms with Crippen molar-refractivity contribution in [1.82, 2.24) is 0 Å². The van der Waals surface area contributed by atoms with E-state index < -0.39 is 0 Å². The van der Waals surface area contributed by atoms with Crippen LogP contribution in [0.25, 0.3) is 0 Å². The van der Waals surface area contributed by atoms with Crippen molar-refractivity contribution in [3.8, 4) is 6.07 Å². The van der Waals surface area contributed by atoms with E-state index >= 15 is 0 Å². The number of hydrogen-bond acceptors (Lipinski definition) is 2. The molecular formula is C11H10N2. The molecule has 0 fully saturated rings. The van der Waals surface area contributed by atoms with E-state index in [4.69, 9.17) is 5.26 Å². The quantitative estimate of drug-likeness (QED) is 0.740. The maximum Gasteiger partial charge on any atom is 0.101 e. The summed E-state index contributed by atoms with van der Waals surface area (Å²) in [6.45, 7) is 0. The van der Waals surface area contributed by atoms with E-state index in [1.807, 2.05) is 24.3 Å². The summed E-state index contributed by atoms with van der Waals surface area (Å²) in [5, 5.41) is 12.0. The summed E-state index contributed by atoms with van der Waals surface area (Å²) < 4.78 is 0. The highest BCUT2D eigenvalue weighted by molar-refractivity contribution is 5.60. The Bertz CT molecular complexity index is 385. The Balaban J connectivity index is 2.24. The third kappa shape index (κ3) is 1.54. The first-order valence-corrected chi connectivity index (χ1v) is 4.35. The zero-order chi connectivity index (χ0) is 9.10. The number of nitriles is 1. The van der Waals surface area contributed by atoms with Gasteiger partial charge in [-0.05, 0) is 25.0 Å². The second kappa shape index (κ2) is 3.32. The van der Waals surface area contributed by atoms with Crippen LogP contribution in [0.15, 0.2) is 36.0 Å². The first-order valence-electron chi connectivity index (χ1n) is 4.35. The van der Waals surface area contributed by atoms with Crippen molar-refractivity contribution >= 4 is 5.69 Å². The van der Waals surface area contributed by atoms with Crippen molar-refractivity contribution in [2.75, 3.05) is 5.32 Å². The van der Waals surface area contributed by atoms with Gasteiger partial charge in [0.05, 0.1) is 11.3 Å². The molecular weight excluding hydrogens is 160 g/mol. The van der Waals surface area contributed by atoms with Crippen LogP contribution in [-0.4, -0.2) is 0 Å². The molecule has 0 amide bonds. The first kappa shape index (κ1) is 7.88. The van der Waals surface area contributed by atoms with Gasteiger partial charge >= 0.3 is 0 Å². The summed E-state index contributed by atoms with van der Waals surface area (Å²) in [5.74, 6) is 0. The van der Waals surface area contributed by atoms with Crippen LogP contribution in [0.2, 0.25) is 0 Å². The number of allylic oxidation sites excluding steroid dienone is 2. The van der Waals surface area contributed by atoms with Crippen LogP contribution in [0.5, 0.6) is 0 Å². The van der Waals surface area contributed by atoms with Gasteiger partial charge in [0.1, 0.15) is 6.07 Å². The lowest BCUT2D eigenvalue weighted by Gasteiger charge is -2.17. The fourth-order valence-electron chi connectivity index (χ4n) is 1.26. The molecule has 13 heavy (non-hydrogen) atoms. The standard InChI is InChI=1S/C11H10N2/c12-8-9-4-1-2-7-11(9)13-10-5-3-6-10/h1-2,4-5,7,13H,3,6H2. The predicted octanol–water partition coefficient (Wildman–Crippen LogP) is 2.65. The molecule has 0 saturated carbocycles. The lowest BCUT2D eigenvalue weighted by Crippen LogP contribution is -2.06. The van der Waals surface area contributed by atoms with Crippen molar-refractivity contribution in [2.24, 2.45) is 0 Å². The molecule has 64 valence electrons. The van der Waals surface area contributed by atoms with Gasteiger partial charge in [0.25, 0.3) is 0 Å². The van der Waals surface area contributed by atoms with Crippen molar-refractivity contribution in [3.63, 3.8) is 0 Å². The zero-order valence-electron chi connectivity index (χ0n) is 7.25. The molecule has 0 aromatic heterocycles. The van der Waals surface area contributed by atoms with Crippen molar-refractivity contribution in [2.45, 2.75) is 12.8 Å². The van der Waals surface area contributed by atoms with E-state index in [9.17, 15) is 0 Å². The summed E-state index contributed by atoms with van der Waals surface area (Å²) in [6.07, 6.45) is 4.39. The Morgan fingerprint density at radius 3 is 2.69 bits per heavy atom. The summed E-state index contributed by atoms with van der Waals surface area (Å²) in [4.78, 5) is 0. The molecule has 1 aromatic rings. The molecule has 1 aromatic carbocycles. The fraction of sp³-hybridized carbons (Fsp3) is 0.182. The van der Waals surface area contributed by atoms with Gasteiger partial charge in [0.2, 0.25) is 0 Å². The monoisotopic (exact) mass is 170 g/mol. The number of anilines is 1. The number of hydrogen-bond donors (Lipinski definition) is 1. The smallest absolute Gasteiger partial charge is 0.101 e. The van der Waals surface area contributed by atoms with E-state index in [2.05, 4.69) is 17.5 Å². The number of para-hydroxylation sites is 1. The Kier molecular flexibility index (Phi) is 2.01. The Hall–Kier alpha value is -1.75. The molecule has 2 heteroatoms. The maximum absolute atomic E-state index is 8.81. The van der Waals surface area contributed by atoms with Gasteiger partial charge in [0, 0.05) is 5.70 Å². The Morgan fingerprint density at radius 2 is 2.08 bits per heavy atom. The normalized spacial score (nSPS) is 13.9. The molecule has 0 saturated heterocycles. The number of benzene rings is 1. The number of rotatable bonds is 2. The SMILES string of the molecule is N#Cc1ccccc1NC1=CCC1. The molecule has 2 nitrogen and oxygen atoms in total. The van der Waals surface area contributed by atoms with Crippen LogP contribution in [0, 0.1) is 11.3 Å². The van der Waals surface area contributed by atoms with E-state index in [0.717, 1.165) is 18.5 Å². The summed E-state index contributed by atoms with van der Waals surface area (Å²) >= 11 is 0. The minimum Gasteiger partial charge on any atom is -0.358 e. The molecule has 0 unspecified atom stereocenters. The minimum absolute atomic E-state index is 0.704. The third-order valence-electron chi connectivity index (χ3n) is 2.15. The summed E-state index contributed by atoms with van der Waals surface area (Å²) in [6, 6.07) is 9.72. The van der Waals surface area contributed by atoms with Gasteiger partial charge in [0.15, 0.2) is 0 Å². The molecule has 0 atom stereocenters. The zero-order valence-corrected chi connectivity index (χ0v) is 7.25. The highest BCUT2D eigenvalue weighted by Crippen LogP contribution is 2.22. The topological polar surface area (TPSA) is 35.8 Å². The lowest BCUT2D eigenvalue weighted by atomic mass is 10.1. The molecule has 0 aliphatic heterocycles. The van der Waals surface area contributed by atoms with Gasteiger partial charge in [-0.25, -0.2) is 0 Å². The van der Waals surface area contributed by atoms with Gasteiger partial charge < -0.3 is 5.32 Å². The Morgan fingerprint density at radius 1 is 1.31 bits per heavy atom. The maximum atomic E-state index is 8.81. The molecule has 0 bridgehead atoms. The molecule has 1 aliphatic carbocycles. The predicted molar refractivity (Wildman–Crippen MR) is 52.1 cm³/mol. The van der Waals surface area contributed by atoms with Crippen LogP contribution < -0.4 is 5.32 Å². The van der Waals surface area contributed by atoms with E-state index in [1.54, 1.807) is 0 Å². The molecule has 0 radical (unpaired) electrons. The molecule has 1 aliphatic rings. The van der Waals surface area contributed by atoms with Crippen LogP contribution in [-0.2, 0) is 0 Å². The lowest BCUT2D eigenvalue weighted by molar-refractivity contribution is 0.881. The van der Waals surface area contributed by atoms with Gasteiger partial charge in [-0.15, -0.1) is 0 Å². The summed E-state index contributed by atoms with van der Waals surface area (Å²) in [5.41, 5.74) is 2.84. The van der Waals surface area contributed by atoms with Gasteiger partial charge in [-0.3, -0.25) is 0 Å². The second-order valence-electron chi connectivity index (χ2n) is 3.05. The molecule has 0 spiro atoms. The van der Waals surface area contributed by atoms with E-state index in [1.165, 1.54) is 5.70 Å². The highest BCUT2D eigenvalue weighted by Gasteiger charge is 2.07. The molecule has 1 N–H and O–H groups in total. The number of nitrogens with zero attached hydrogens (tertiary/aromatic N) is 1. The Labute approximate surface area is 77.5 Å². The third-order valence-corrected chi connectivity index (χ3v) is 2.15. The van der Waals surface area contributed by atoms with Crippen LogP contribution in [0.4, 0.5) is 5.69 Å². The molecule has 0 heterocycles. The fourth-order valence-corrected chi connectivity index (χ4v) is 1.26. The van der Waals surface area contributed by atoms with Crippen molar-refractivity contribution in [1.29, 1.82) is 5.26 Å². The van der Waals surface area contributed by atoms with Crippen LogP contribution in [0.1, 0.15) is 18.4 Å². The summed E-state index contributed by atoms with van der Waals surface area (Å²) in [7, 11) is 0. The second-order valence-corrected chi connectivity index (χ2v) is 3.05. The largest absolute Gasteiger partial charge is 0.358 e. The number of nitrogens with one attached hydrogen (secondary N) is 1. The van der Waals surface area contributed by atoms with Crippen LogP contribution >= 0.6 is 0 Å². The van der Waals surface area contributed by atoms with Gasteiger partial charge in [-0.1, -0.05) is 18.2 Å². The minimum atomic E-state index is 0.704. The highest BCUT2D eigenvalue weighted by atomic mass is 14.9. The van der Waals surface area contributed by atoms with Crippen molar-refractivity contribution < 1.29 is 0 Å². The average Bonchev–Trinajstić information content (AvgIpc) is 2.12. The van der Waals surface area contributed by atoms with Gasteiger partial charge in [-0.2, -0.15) is 5.26 Å².